The Morgan fingerprint density at radius 2 is 2.10 bits per heavy atom. The fraction of sp³-hybridized carbons (Fsp3) is 0.250. The van der Waals surface area contributed by atoms with Crippen LogP contribution in [0.15, 0.2) is 24.3 Å². The van der Waals surface area contributed by atoms with Crippen molar-refractivity contribution in [1.82, 2.24) is 0 Å². The maximum absolute atomic E-state index is 13.4. The van der Waals surface area contributed by atoms with Gasteiger partial charge in [0.25, 0.3) is 0 Å². The number of anilines is 1. The molecule has 106 valence electrons. The van der Waals surface area contributed by atoms with E-state index in [0.29, 0.717) is 6.07 Å². The zero-order valence-electron chi connectivity index (χ0n) is 10.0. The van der Waals surface area contributed by atoms with Crippen LogP contribution in [0.25, 0.3) is 0 Å². The molecule has 1 aromatic rings. The number of nitro benzene ring substituents is 1. The Bertz CT molecular complexity index is 603. The second-order valence-electron chi connectivity index (χ2n) is 4.36. The lowest BCUT2D eigenvalue weighted by Crippen LogP contribution is -2.19. The van der Waals surface area contributed by atoms with Crippen LogP contribution in [-0.4, -0.2) is 22.0 Å². The third-order valence-electron chi connectivity index (χ3n) is 2.95. The van der Waals surface area contributed by atoms with Gasteiger partial charge in [0.1, 0.15) is 11.5 Å². The van der Waals surface area contributed by atoms with Gasteiger partial charge in [0.05, 0.1) is 10.8 Å². The maximum atomic E-state index is 13.4. The van der Waals surface area contributed by atoms with Crippen molar-refractivity contribution >= 4 is 17.3 Å². The molecular weight excluding hydrogens is 274 g/mol. The van der Waals surface area contributed by atoms with E-state index in [1.807, 2.05) is 0 Å². The molecule has 0 heterocycles. The number of hydrogen-bond acceptors (Lipinski definition) is 4. The summed E-state index contributed by atoms with van der Waals surface area (Å²) in [4.78, 5) is 20.6. The molecule has 1 aromatic carbocycles. The number of nitrogens with zero attached hydrogens (tertiary/aromatic N) is 1. The number of carboxylic acids is 1. The molecule has 2 atom stereocenters. The fourth-order valence-corrected chi connectivity index (χ4v) is 2.05. The number of halogens is 2. The highest BCUT2D eigenvalue weighted by molar-refractivity contribution is 5.73. The van der Waals surface area contributed by atoms with Crippen molar-refractivity contribution in [2.24, 2.45) is 5.92 Å². The normalized spacial score (nSPS) is 20.9. The van der Waals surface area contributed by atoms with Crippen molar-refractivity contribution in [3.05, 3.63) is 46.0 Å². The van der Waals surface area contributed by atoms with Gasteiger partial charge in [0.15, 0.2) is 0 Å². The largest absolute Gasteiger partial charge is 0.481 e. The summed E-state index contributed by atoms with van der Waals surface area (Å²) in [5, 5.41) is 22.2. The Morgan fingerprint density at radius 1 is 1.40 bits per heavy atom. The average Bonchev–Trinajstić information content (AvgIpc) is 2.75. The van der Waals surface area contributed by atoms with E-state index in [1.54, 1.807) is 0 Å². The highest BCUT2D eigenvalue weighted by atomic mass is 19.1. The van der Waals surface area contributed by atoms with Crippen LogP contribution in [0.2, 0.25) is 0 Å². The quantitative estimate of drug-likeness (QED) is 0.503. The Morgan fingerprint density at radius 3 is 2.65 bits per heavy atom. The van der Waals surface area contributed by atoms with E-state index in [0.717, 1.165) is 6.07 Å². The summed E-state index contributed by atoms with van der Waals surface area (Å²) in [6, 6.07) is 0.702. The number of nitrogens with one attached hydrogen (secondary N) is 1. The first kappa shape index (κ1) is 13.9. The van der Waals surface area contributed by atoms with E-state index in [9.17, 15) is 23.7 Å². The second kappa shape index (κ2) is 5.24. The van der Waals surface area contributed by atoms with Crippen LogP contribution < -0.4 is 5.32 Å². The molecule has 2 rings (SSSR count). The summed E-state index contributed by atoms with van der Waals surface area (Å²) in [5.74, 6) is -3.97. The third-order valence-corrected chi connectivity index (χ3v) is 2.95. The van der Waals surface area contributed by atoms with Gasteiger partial charge < -0.3 is 10.4 Å². The summed E-state index contributed by atoms with van der Waals surface area (Å²) >= 11 is 0. The first-order valence-corrected chi connectivity index (χ1v) is 5.69. The Balaban J connectivity index is 2.24. The molecule has 8 heteroatoms. The molecule has 0 saturated carbocycles. The zero-order chi connectivity index (χ0) is 14.9. The molecule has 0 radical (unpaired) electrons. The molecule has 0 aromatic heterocycles. The van der Waals surface area contributed by atoms with Gasteiger partial charge in [-0.3, -0.25) is 14.9 Å². The van der Waals surface area contributed by atoms with E-state index in [2.05, 4.69) is 5.32 Å². The first-order valence-electron chi connectivity index (χ1n) is 5.69. The van der Waals surface area contributed by atoms with Gasteiger partial charge in [-0.2, -0.15) is 4.39 Å². The number of nitro groups is 1. The molecule has 20 heavy (non-hydrogen) atoms. The topological polar surface area (TPSA) is 92.5 Å². The average molecular weight is 284 g/mol. The molecule has 6 nitrogen and oxygen atoms in total. The van der Waals surface area contributed by atoms with Crippen LogP contribution in [0.3, 0.4) is 0 Å². The van der Waals surface area contributed by atoms with E-state index >= 15 is 0 Å². The van der Waals surface area contributed by atoms with Gasteiger partial charge in [-0.25, -0.2) is 4.39 Å². The first-order chi connectivity index (χ1) is 9.38. The number of hydrogen-bond donors (Lipinski definition) is 2. The molecule has 2 N–H and O–H groups in total. The number of carboxylic acid groups (broad SMARTS) is 1. The van der Waals surface area contributed by atoms with Gasteiger partial charge in [-0.05, 0) is 6.42 Å². The molecule has 0 fully saturated rings. The zero-order valence-corrected chi connectivity index (χ0v) is 10.0. The number of benzene rings is 1. The molecule has 0 spiro atoms. The lowest BCUT2D eigenvalue weighted by Gasteiger charge is -2.14. The van der Waals surface area contributed by atoms with E-state index in [1.165, 1.54) is 12.2 Å². The van der Waals surface area contributed by atoms with Gasteiger partial charge in [0.2, 0.25) is 5.82 Å². The van der Waals surface area contributed by atoms with Gasteiger partial charge >= 0.3 is 11.7 Å². The van der Waals surface area contributed by atoms with Crippen LogP contribution in [0.4, 0.5) is 20.2 Å². The highest BCUT2D eigenvalue weighted by Gasteiger charge is 2.28. The lowest BCUT2D eigenvalue weighted by molar-refractivity contribution is -0.386. The summed E-state index contributed by atoms with van der Waals surface area (Å²) in [6.07, 6.45) is 3.09. The van der Waals surface area contributed by atoms with Crippen LogP contribution in [0, 0.1) is 27.7 Å². The minimum absolute atomic E-state index is 0.157. The number of carbonyl (C=O) groups is 1. The standard InChI is InChI=1S/C12H10F2N2O4/c13-7-4-9(14)11(16(19)20)10(5-7)15-8-2-1-6(3-8)12(17)18/h1-2,4-6,8,15H,3H2,(H,17,18). The summed E-state index contributed by atoms with van der Waals surface area (Å²) in [6.45, 7) is 0. The summed E-state index contributed by atoms with van der Waals surface area (Å²) in [5.41, 5.74) is -1.17. The van der Waals surface area contributed by atoms with E-state index in [-0.39, 0.29) is 12.1 Å². The highest BCUT2D eigenvalue weighted by Crippen LogP contribution is 2.31. The molecule has 0 saturated heterocycles. The fourth-order valence-electron chi connectivity index (χ4n) is 2.05. The minimum atomic E-state index is -1.28. The molecule has 1 aliphatic rings. The van der Waals surface area contributed by atoms with Crippen molar-refractivity contribution in [2.75, 3.05) is 5.32 Å². The van der Waals surface area contributed by atoms with Gasteiger partial charge in [-0.15, -0.1) is 0 Å². The van der Waals surface area contributed by atoms with Crippen LogP contribution in [-0.2, 0) is 4.79 Å². The second-order valence-corrected chi connectivity index (χ2v) is 4.36. The summed E-state index contributed by atoms with van der Waals surface area (Å²) in [7, 11) is 0. The van der Waals surface area contributed by atoms with Crippen molar-refractivity contribution < 1.29 is 23.6 Å². The van der Waals surface area contributed by atoms with E-state index in [4.69, 9.17) is 5.11 Å². The maximum Gasteiger partial charge on any atom is 0.327 e. The van der Waals surface area contributed by atoms with Crippen LogP contribution >= 0.6 is 0 Å². The van der Waals surface area contributed by atoms with Crippen molar-refractivity contribution in [2.45, 2.75) is 12.5 Å². The predicted molar refractivity (Wildman–Crippen MR) is 65.3 cm³/mol. The third kappa shape index (κ3) is 2.73. The molecule has 0 amide bonds. The molecule has 0 aliphatic heterocycles. The van der Waals surface area contributed by atoms with E-state index < -0.39 is 40.2 Å². The Hall–Kier alpha value is -2.51. The number of aliphatic carboxylic acids is 1. The lowest BCUT2D eigenvalue weighted by atomic mass is 10.1. The van der Waals surface area contributed by atoms with Gasteiger partial charge in [0, 0.05) is 18.2 Å². The summed E-state index contributed by atoms with van der Waals surface area (Å²) < 4.78 is 26.5. The Kier molecular flexibility index (Phi) is 3.64. The monoisotopic (exact) mass is 284 g/mol. The van der Waals surface area contributed by atoms with Crippen LogP contribution in [0.1, 0.15) is 6.42 Å². The predicted octanol–water partition coefficient (Wildman–Crippen LogP) is 2.31. The molecule has 1 aliphatic carbocycles. The molecular formula is C12H10F2N2O4. The number of rotatable bonds is 4. The van der Waals surface area contributed by atoms with Crippen molar-refractivity contribution in [1.29, 1.82) is 0 Å². The molecule has 2 unspecified atom stereocenters. The van der Waals surface area contributed by atoms with Crippen molar-refractivity contribution in [3.8, 4) is 0 Å². The van der Waals surface area contributed by atoms with Crippen molar-refractivity contribution in [3.63, 3.8) is 0 Å². The smallest absolute Gasteiger partial charge is 0.327 e. The molecule has 0 bridgehead atoms. The van der Waals surface area contributed by atoms with Gasteiger partial charge in [-0.1, -0.05) is 12.2 Å². The minimum Gasteiger partial charge on any atom is -0.481 e. The van der Waals surface area contributed by atoms with Crippen LogP contribution in [0.5, 0.6) is 0 Å². The SMILES string of the molecule is O=C(O)C1C=CC(Nc2cc(F)cc(F)c2[N+](=O)[O-])C1. The Labute approximate surface area is 111 Å².